The molecule has 5 heteroatoms. The maximum Gasteiger partial charge on any atom is 0.181 e. The summed E-state index contributed by atoms with van der Waals surface area (Å²) in [5.41, 5.74) is 0. The summed E-state index contributed by atoms with van der Waals surface area (Å²) in [6.45, 7) is 0. The third-order valence-corrected chi connectivity index (χ3v) is 5.42. The van der Waals surface area contributed by atoms with E-state index >= 15 is 0 Å². The van der Waals surface area contributed by atoms with Crippen molar-refractivity contribution in [2.24, 2.45) is 0 Å². The van der Waals surface area contributed by atoms with Crippen molar-refractivity contribution < 1.29 is 13.5 Å². The molecule has 0 radical (unpaired) electrons. The van der Waals surface area contributed by atoms with Gasteiger partial charge in [-0.25, -0.2) is 8.42 Å². The topological polar surface area (TPSA) is 54.4 Å². The molecule has 2 atom stereocenters. The average molecular weight is 261 g/mol. The van der Waals surface area contributed by atoms with Crippen LogP contribution in [0.1, 0.15) is 19.3 Å². The molecular weight excluding hydrogens is 248 g/mol. The van der Waals surface area contributed by atoms with E-state index < -0.39 is 21.2 Å². The van der Waals surface area contributed by atoms with E-state index in [2.05, 4.69) is 0 Å². The number of benzene rings is 1. The Kier molecular flexibility index (Phi) is 3.24. The lowest BCUT2D eigenvalue weighted by Crippen LogP contribution is -2.19. The fourth-order valence-electron chi connectivity index (χ4n) is 2.02. The summed E-state index contributed by atoms with van der Waals surface area (Å²) in [6, 6.07) is 6.17. The normalized spacial score (nSPS) is 25.9. The van der Waals surface area contributed by atoms with Gasteiger partial charge < -0.3 is 5.11 Å². The van der Waals surface area contributed by atoms with Gasteiger partial charge in [-0.3, -0.25) is 0 Å². The van der Waals surface area contributed by atoms with Crippen molar-refractivity contribution in [2.45, 2.75) is 35.5 Å². The smallest absolute Gasteiger partial charge is 0.181 e. The molecule has 0 spiro atoms. The predicted molar refractivity (Wildman–Crippen MR) is 62.3 cm³/mol. The Bertz CT molecular complexity index is 467. The standard InChI is InChI=1S/C11H13ClO3S/c12-8-1-4-10(5-2-8)16(14,15)11-6-3-9(13)7-11/h1-2,4-5,9,11,13H,3,6-7H2. The fraction of sp³-hybridized carbons (Fsp3) is 0.455. The van der Waals surface area contributed by atoms with Gasteiger partial charge in [0.05, 0.1) is 16.2 Å². The number of aliphatic hydroxyl groups excluding tert-OH is 1. The lowest BCUT2D eigenvalue weighted by atomic mass is 10.3. The summed E-state index contributed by atoms with van der Waals surface area (Å²) < 4.78 is 24.3. The van der Waals surface area contributed by atoms with Gasteiger partial charge in [0.25, 0.3) is 0 Å². The zero-order chi connectivity index (χ0) is 11.8. The molecule has 0 heterocycles. The van der Waals surface area contributed by atoms with Crippen LogP contribution >= 0.6 is 11.6 Å². The van der Waals surface area contributed by atoms with Crippen molar-refractivity contribution in [3.05, 3.63) is 29.3 Å². The van der Waals surface area contributed by atoms with Crippen molar-refractivity contribution in [3.63, 3.8) is 0 Å². The number of halogens is 1. The van der Waals surface area contributed by atoms with Crippen LogP contribution < -0.4 is 0 Å². The monoisotopic (exact) mass is 260 g/mol. The minimum absolute atomic E-state index is 0.288. The van der Waals surface area contributed by atoms with Gasteiger partial charge in [0.15, 0.2) is 9.84 Å². The SMILES string of the molecule is O=S(=O)(c1ccc(Cl)cc1)C1CCC(O)C1. The van der Waals surface area contributed by atoms with Gasteiger partial charge in [-0.05, 0) is 43.5 Å². The Balaban J connectivity index is 2.29. The first-order valence-corrected chi connectivity index (χ1v) is 7.10. The minimum atomic E-state index is -3.31. The molecule has 0 aliphatic heterocycles. The molecule has 2 rings (SSSR count). The Hall–Kier alpha value is -0.580. The van der Waals surface area contributed by atoms with Crippen molar-refractivity contribution in [3.8, 4) is 0 Å². The molecule has 88 valence electrons. The first-order valence-electron chi connectivity index (χ1n) is 5.17. The first-order chi connectivity index (χ1) is 7.50. The maximum absolute atomic E-state index is 12.1. The molecule has 1 aliphatic rings. The second-order valence-electron chi connectivity index (χ2n) is 4.09. The van der Waals surface area contributed by atoms with Crippen molar-refractivity contribution in [1.82, 2.24) is 0 Å². The summed E-state index contributed by atoms with van der Waals surface area (Å²) in [7, 11) is -3.31. The van der Waals surface area contributed by atoms with Crippen LogP contribution in [-0.4, -0.2) is 24.9 Å². The van der Waals surface area contributed by atoms with Gasteiger partial charge in [-0.2, -0.15) is 0 Å². The van der Waals surface area contributed by atoms with Crippen LogP contribution in [0, 0.1) is 0 Å². The average Bonchev–Trinajstić information content (AvgIpc) is 2.66. The third kappa shape index (κ3) is 2.24. The molecule has 0 aromatic heterocycles. The van der Waals surface area contributed by atoms with Crippen LogP contribution in [0.25, 0.3) is 0 Å². The second-order valence-corrected chi connectivity index (χ2v) is 6.75. The zero-order valence-electron chi connectivity index (χ0n) is 8.64. The summed E-state index contributed by atoms with van der Waals surface area (Å²) in [4.78, 5) is 0.288. The number of hydrogen-bond donors (Lipinski definition) is 1. The molecule has 0 amide bonds. The van der Waals surface area contributed by atoms with Crippen molar-refractivity contribution >= 4 is 21.4 Å². The van der Waals surface area contributed by atoms with Gasteiger partial charge in [-0.1, -0.05) is 11.6 Å². The van der Waals surface area contributed by atoms with Gasteiger partial charge in [0, 0.05) is 5.02 Å². The zero-order valence-corrected chi connectivity index (χ0v) is 10.2. The highest BCUT2D eigenvalue weighted by atomic mass is 35.5. The van der Waals surface area contributed by atoms with Gasteiger partial charge in [0.1, 0.15) is 0 Å². The minimum Gasteiger partial charge on any atom is -0.393 e. The lowest BCUT2D eigenvalue weighted by molar-refractivity contribution is 0.183. The highest BCUT2D eigenvalue weighted by molar-refractivity contribution is 7.92. The number of sulfone groups is 1. The molecular formula is C11H13ClO3S. The molecule has 1 aliphatic carbocycles. The molecule has 1 aromatic carbocycles. The molecule has 1 fully saturated rings. The van der Waals surface area contributed by atoms with Crippen LogP contribution in [-0.2, 0) is 9.84 Å². The number of hydrogen-bond acceptors (Lipinski definition) is 3. The Morgan fingerprint density at radius 1 is 1.19 bits per heavy atom. The molecule has 16 heavy (non-hydrogen) atoms. The third-order valence-electron chi connectivity index (χ3n) is 2.94. The van der Waals surface area contributed by atoms with Gasteiger partial charge >= 0.3 is 0 Å². The molecule has 0 saturated heterocycles. The summed E-state index contributed by atoms with van der Waals surface area (Å²) >= 11 is 5.71. The lowest BCUT2D eigenvalue weighted by Gasteiger charge is -2.11. The van der Waals surface area contributed by atoms with Crippen LogP contribution in [0.15, 0.2) is 29.2 Å². The maximum atomic E-state index is 12.1. The van der Waals surface area contributed by atoms with Crippen molar-refractivity contribution in [1.29, 1.82) is 0 Å². The van der Waals surface area contributed by atoms with E-state index in [1.165, 1.54) is 12.1 Å². The summed E-state index contributed by atoms with van der Waals surface area (Å²) in [5.74, 6) is 0. The van der Waals surface area contributed by atoms with E-state index in [-0.39, 0.29) is 4.90 Å². The van der Waals surface area contributed by atoms with E-state index in [4.69, 9.17) is 11.6 Å². The molecule has 3 nitrogen and oxygen atoms in total. The van der Waals surface area contributed by atoms with E-state index in [1.807, 2.05) is 0 Å². The molecule has 1 aromatic rings. The first kappa shape index (κ1) is 11.9. The highest BCUT2D eigenvalue weighted by Gasteiger charge is 2.34. The Labute approximate surface area is 100.0 Å². The molecule has 0 bridgehead atoms. The van der Waals surface area contributed by atoms with E-state index in [0.29, 0.717) is 24.3 Å². The van der Waals surface area contributed by atoms with Crippen LogP contribution in [0.5, 0.6) is 0 Å². The fourth-order valence-corrected chi connectivity index (χ4v) is 3.96. The van der Waals surface area contributed by atoms with E-state index in [1.54, 1.807) is 12.1 Å². The number of aliphatic hydroxyl groups is 1. The Morgan fingerprint density at radius 2 is 1.81 bits per heavy atom. The summed E-state index contributed by atoms with van der Waals surface area (Å²) in [5, 5.41) is 9.43. The van der Waals surface area contributed by atoms with Crippen LogP contribution in [0.4, 0.5) is 0 Å². The van der Waals surface area contributed by atoms with E-state index in [9.17, 15) is 13.5 Å². The van der Waals surface area contributed by atoms with Gasteiger partial charge in [0.2, 0.25) is 0 Å². The highest BCUT2D eigenvalue weighted by Crippen LogP contribution is 2.30. The molecule has 2 unspecified atom stereocenters. The Morgan fingerprint density at radius 3 is 2.31 bits per heavy atom. The van der Waals surface area contributed by atoms with E-state index in [0.717, 1.165) is 0 Å². The summed E-state index contributed by atoms with van der Waals surface area (Å²) in [6.07, 6.45) is 0.960. The largest absolute Gasteiger partial charge is 0.393 e. The van der Waals surface area contributed by atoms with Crippen LogP contribution in [0.2, 0.25) is 5.02 Å². The van der Waals surface area contributed by atoms with Crippen LogP contribution in [0.3, 0.4) is 0 Å². The molecule has 1 N–H and O–H groups in total. The quantitative estimate of drug-likeness (QED) is 0.885. The molecule has 1 saturated carbocycles. The van der Waals surface area contributed by atoms with Gasteiger partial charge in [-0.15, -0.1) is 0 Å². The predicted octanol–water partition coefficient (Wildman–Crippen LogP) is 2.03. The second kappa shape index (κ2) is 4.35. The number of rotatable bonds is 2. The van der Waals surface area contributed by atoms with Crippen molar-refractivity contribution in [2.75, 3.05) is 0 Å².